The summed E-state index contributed by atoms with van der Waals surface area (Å²) in [4.78, 5) is 84.6. The number of rotatable bonds is 9. The van der Waals surface area contributed by atoms with Gasteiger partial charge in [0.15, 0.2) is 34.7 Å². The van der Waals surface area contributed by atoms with Crippen LogP contribution in [0.1, 0.15) is 47.3 Å². The van der Waals surface area contributed by atoms with Crippen molar-refractivity contribution in [2.45, 2.75) is 51.3 Å². The summed E-state index contributed by atoms with van der Waals surface area (Å²) in [6.45, 7) is 3.30. The summed E-state index contributed by atoms with van der Waals surface area (Å²) in [7, 11) is 7.14. The fraction of sp³-hybridized carbons (Fsp3) is 0.500. The molecular formula is C36H44N4O8. The molecule has 3 aliphatic rings. The number of fused-ring (bicyclic) bond motifs is 3. The molecule has 256 valence electrons. The Kier molecular flexibility index (Phi) is 9.37. The first kappa shape index (κ1) is 34.9. The summed E-state index contributed by atoms with van der Waals surface area (Å²) in [6, 6.07) is 10.7. The maximum atomic E-state index is 14.3. The molecule has 12 heteroatoms. The molecule has 0 aromatic heterocycles. The molecule has 0 aliphatic heterocycles. The molecule has 0 heterocycles. The number of Topliss-reactive ketones (excluding diaryl/α,β-unsaturated/α-hetero) is 4. The number of phenolic OH excluding ortho intramolecular Hbond substituents is 1. The van der Waals surface area contributed by atoms with E-state index in [4.69, 9.17) is 5.73 Å². The minimum Gasteiger partial charge on any atom is -0.507 e. The highest BCUT2D eigenvalue weighted by Crippen LogP contribution is 2.54. The van der Waals surface area contributed by atoms with E-state index in [-0.39, 0.29) is 36.4 Å². The molecule has 3 aliphatic carbocycles. The average molecular weight is 661 g/mol. The molecule has 5 N–H and O–H groups in total. The number of ketones is 4. The van der Waals surface area contributed by atoms with Crippen molar-refractivity contribution < 1.29 is 39.0 Å². The maximum Gasteiger partial charge on any atom is 0.237 e. The molecule has 2 amide bonds. The first-order chi connectivity index (χ1) is 22.5. The number of benzene rings is 2. The Hall–Kier alpha value is -4.42. The number of carbonyl (C=O) groups is 6. The zero-order chi connectivity index (χ0) is 35.4. The first-order valence-electron chi connectivity index (χ1n) is 16.2. The SMILES string of the molecule is CC(C)[C@@H]1C(=O)C(C(N)=O)C(=O)[C@@]2(O)C(=O)C3C(=O)c4c(O)c(CNC(=O)C(Cc5ccccc5)N(C)C)cc(N(C)C)c4C[C@H]3C[C@@H]12. The van der Waals surface area contributed by atoms with Gasteiger partial charge in [0.1, 0.15) is 5.75 Å². The van der Waals surface area contributed by atoms with E-state index >= 15 is 0 Å². The zero-order valence-electron chi connectivity index (χ0n) is 28.1. The summed E-state index contributed by atoms with van der Waals surface area (Å²) in [5.74, 6) is -12.5. The maximum absolute atomic E-state index is 14.3. The van der Waals surface area contributed by atoms with Gasteiger partial charge in [-0.05, 0) is 62.4 Å². The molecule has 3 unspecified atom stereocenters. The number of nitrogens with two attached hydrogens (primary N) is 1. The lowest BCUT2D eigenvalue weighted by Gasteiger charge is -2.52. The van der Waals surface area contributed by atoms with E-state index in [9.17, 15) is 39.0 Å². The fourth-order valence-electron chi connectivity index (χ4n) is 8.14. The van der Waals surface area contributed by atoms with Crippen molar-refractivity contribution in [3.63, 3.8) is 0 Å². The number of amides is 2. The molecular weight excluding hydrogens is 616 g/mol. The smallest absolute Gasteiger partial charge is 0.237 e. The predicted molar refractivity (Wildman–Crippen MR) is 176 cm³/mol. The van der Waals surface area contributed by atoms with Crippen molar-refractivity contribution in [1.29, 1.82) is 0 Å². The van der Waals surface area contributed by atoms with Crippen molar-refractivity contribution in [2.24, 2.45) is 41.2 Å². The van der Waals surface area contributed by atoms with E-state index < -0.39 is 81.9 Å². The third kappa shape index (κ3) is 5.60. The van der Waals surface area contributed by atoms with Crippen LogP contribution in [0.3, 0.4) is 0 Å². The number of hydrogen-bond acceptors (Lipinski definition) is 10. The zero-order valence-corrected chi connectivity index (χ0v) is 28.1. The average Bonchev–Trinajstić information content (AvgIpc) is 3.01. The van der Waals surface area contributed by atoms with Crippen molar-refractivity contribution >= 4 is 40.6 Å². The number of carbonyl (C=O) groups excluding carboxylic acids is 6. The van der Waals surface area contributed by atoms with Gasteiger partial charge in [-0.2, -0.15) is 0 Å². The molecule has 0 radical (unpaired) electrons. The fourth-order valence-corrected chi connectivity index (χ4v) is 8.14. The summed E-state index contributed by atoms with van der Waals surface area (Å²) in [5, 5.41) is 26.3. The van der Waals surface area contributed by atoms with Gasteiger partial charge in [-0.3, -0.25) is 33.7 Å². The van der Waals surface area contributed by atoms with Crippen molar-refractivity contribution in [3.05, 3.63) is 58.7 Å². The number of phenols is 1. The summed E-state index contributed by atoms with van der Waals surface area (Å²) < 4.78 is 0. The number of likely N-dealkylation sites (N-methyl/N-ethyl adjacent to an activating group) is 1. The molecule has 0 bridgehead atoms. The Morgan fingerprint density at radius 2 is 1.69 bits per heavy atom. The Morgan fingerprint density at radius 1 is 1.04 bits per heavy atom. The second-order valence-corrected chi connectivity index (χ2v) is 14.2. The van der Waals surface area contributed by atoms with Crippen molar-refractivity contribution in [1.82, 2.24) is 10.2 Å². The van der Waals surface area contributed by atoms with Crippen LogP contribution in [-0.4, -0.2) is 89.9 Å². The second kappa shape index (κ2) is 12.9. The van der Waals surface area contributed by atoms with Gasteiger partial charge in [-0.1, -0.05) is 44.2 Å². The van der Waals surface area contributed by atoms with Crippen LogP contribution in [0, 0.1) is 35.5 Å². The lowest BCUT2D eigenvalue weighted by Crippen LogP contribution is -2.71. The number of aliphatic hydroxyl groups is 1. The number of nitrogens with one attached hydrogen (secondary N) is 1. The van der Waals surface area contributed by atoms with Crippen LogP contribution >= 0.6 is 0 Å². The van der Waals surface area contributed by atoms with Gasteiger partial charge in [0, 0.05) is 43.7 Å². The van der Waals surface area contributed by atoms with Gasteiger partial charge in [-0.15, -0.1) is 0 Å². The van der Waals surface area contributed by atoms with E-state index in [1.165, 1.54) is 0 Å². The van der Waals surface area contributed by atoms with Crippen molar-refractivity contribution in [3.8, 4) is 5.75 Å². The largest absolute Gasteiger partial charge is 0.507 e. The summed E-state index contributed by atoms with van der Waals surface area (Å²) in [5.41, 5.74) is 4.88. The lowest BCUT2D eigenvalue weighted by molar-refractivity contribution is -0.182. The van der Waals surface area contributed by atoms with Crippen LogP contribution in [0.25, 0.3) is 0 Å². The van der Waals surface area contributed by atoms with Crippen LogP contribution in [0.4, 0.5) is 5.69 Å². The van der Waals surface area contributed by atoms with Gasteiger partial charge in [-0.25, -0.2) is 0 Å². The van der Waals surface area contributed by atoms with Gasteiger partial charge >= 0.3 is 0 Å². The topological polar surface area (TPSA) is 187 Å². The van der Waals surface area contributed by atoms with Crippen molar-refractivity contribution in [2.75, 3.05) is 33.1 Å². The Balaban J connectivity index is 1.51. The Labute approximate surface area is 279 Å². The van der Waals surface area contributed by atoms with Crippen LogP contribution < -0.4 is 16.0 Å². The monoisotopic (exact) mass is 660 g/mol. The number of anilines is 1. The van der Waals surface area contributed by atoms with Gasteiger partial charge in [0.05, 0.1) is 17.5 Å². The highest BCUT2D eigenvalue weighted by Gasteiger charge is 2.69. The van der Waals surface area contributed by atoms with E-state index in [1.54, 1.807) is 57.9 Å². The van der Waals surface area contributed by atoms with Crippen LogP contribution in [0.15, 0.2) is 36.4 Å². The molecule has 48 heavy (non-hydrogen) atoms. The minimum absolute atomic E-state index is 0.00265. The highest BCUT2D eigenvalue weighted by atomic mass is 16.3. The van der Waals surface area contributed by atoms with Crippen LogP contribution in [0.2, 0.25) is 0 Å². The van der Waals surface area contributed by atoms with E-state index in [0.717, 1.165) is 5.56 Å². The quantitative estimate of drug-likeness (QED) is 0.283. The van der Waals surface area contributed by atoms with E-state index in [0.29, 0.717) is 17.7 Å². The molecule has 12 nitrogen and oxygen atoms in total. The lowest BCUT2D eigenvalue weighted by atomic mass is 9.49. The second-order valence-electron chi connectivity index (χ2n) is 14.2. The van der Waals surface area contributed by atoms with E-state index in [2.05, 4.69) is 5.32 Å². The molecule has 7 atom stereocenters. The number of hydrogen-bond donors (Lipinski definition) is 4. The number of primary amides is 1. The minimum atomic E-state index is -2.76. The van der Waals surface area contributed by atoms with Gasteiger partial charge < -0.3 is 26.2 Å². The standard InChI is InChI=1S/C36H44N4O8/c1-17(2)25-22-14-19-13-21-23(39(3)4)15-20(16-38-35(47)24(40(5)6)12-18-10-8-7-9-11-18)29(41)27(21)31(43)26(19)32(44)36(22,48)33(45)28(30(25)42)34(37)46/h7-11,15,17,19,22,24-26,28,41,48H,12-14,16H2,1-6H3,(H2,37,46)(H,38,47)/t19-,22-,24?,25-,26?,28?,36-/m0/s1. The molecule has 0 saturated heterocycles. The van der Waals surface area contributed by atoms with Crippen LogP contribution in [0.5, 0.6) is 5.75 Å². The van der Waals surface area contributed by atoms with Gasteiger partial charge in [0.25, 0.3) is 0 Å². The molecule has 2 fully saturated rings. The molecule has 0 spiro atoms. The number of aromatic hydroxyl groups is 1. The predicted octanol–water partition coefficient (Wildman–Crippen LogP) is 1.06. The van der Waals surface area contributed by atoms with Crippen LogP contribution in [-0.2, 0) is 43.4 Å². The molecule has 2 aromatic carbocycles. The van der Waals surface area contributed by atoms with E-state index in [1.807, 2.05) is 30.3 Å². The highest BCUT2D eigenvalue weighted by molar-refractivity contribution is 6.32. The summed E-state index contributed by atoms with van der Waals surface area (Å²) >= 11 is 0. The van der Waals surface area contributed by atoms with Gasteiger partial charge in [0.2, 0.25) is 11.8 Å². The molecule has 5 rings (SSSR count). The Bertz CT molecular complexity index is 1690. The third-order valence-electron chi connectivity index (χ3n) is 10.5. The first-order valence-corrected chi connectivity index (χ1v) is 16.2. The molecule has 2 aromatic rings. The summed E-state index contributed by atoms with van der Waals surface area (Å²) in [6.07, 6.45) is 0.609. The normalized spacial score (nSPS) is 27.3. The Morgan fingerprint density at radius 3 is 2.25 bits per heavy atom. The third-order valence-corrected chi connectivity index (χ3v) is 10.5. The number of nitrogens with zero attached hydrogens (tertiary/aromatic N) is 2. The molecule has 2 saturated carbocycles.